The number of hydrogen-bond donors (Lipinski definition) is 2. The predicted molar refractivity (Wildman–Crippen MR) is 110 cm³/mol. The second-order valence-corrected chi connectivity index (χ2v) is 7.92. The molecule has 0 unspecified atom stereocenters. The van der Waals surface area contributed by atoms with Gasteiger partial charge in [0.1, 0.15) is 5.82 Å². The number of aromatic nitrogens is 2. The van der Waals surface area contributed by atoms with Gasteiger partial charge < -0.3 is 10.6 Å². The quantitative estimate of drug-likeness (QED) is 0.576. The molecular weight excluding hydrogens is 428 g/mol. The van der Waals surface area contributed by atoms with Gasteiger partial charge in [-0.3, -0.25) is 9.59 Å². The number of anilines is 1. The lowest BCUT2D eigenvalue weighted by molar-refractivity contribution is -0.120. The van der Waals surface area contributed by atoms with Crippen LogP contribution in [0.2, 0.25) is 0 Å². The summed E-state index contributed by atoms with van der Waals surface area (Å²) in [5.74, 6) is 0.275. The third-order valence-electron chi connectivity index (χ3n) is 3.88. The minimum atomic E-state index is -0.342. The van der Waals surface area contributed by atoms with Crippen LogP contribution in [0, 0.1) is 0 Å². The zero-order valence-electron chi connectivity index (χ0n) is 14.7. The summed E-state index contributed by atoms with van der Waals surface area (Å²) in [4.78, 5) is 25.0. The number of carbonyl (C=O) groups is 2. The van der Waals surface area contributed by atoms with Crippen molar-refractivity contribution in [1.29, 1.82) is 0 Å². The number of nitrogens with zero attached hydrogens (tertiary/aromatic N) is 2. The molecule has 0 aliphatic rings. The fourth-order valence-electron chi connectivity index (χ4n) is 2.66. The summed E-state index contributed by atoms with van der Waals surface area (Å²) in [6.45, 7) is 2.00. The minimum absolute atomic E-state index is 0.156. The summed E-state index contributed by atoms with van der Waals surface area (Å²) in [7, 11) is 0. The van der Waals surface area contributed by atoms with Crippen molar-refractivity contribution >= 4 is 44.9 Å². The van der Waals surface area contributed by atoms with E-state index in [-0.39, 0.29) is 24.3 Å². The van der Waals surface area contributed by atoms with Crippen LogP contribution in [-0.4, -0.2) is 21.6 Å². The smallest absolute Gasteiger partial charge is 0.227 e. The summed E-state index contributed by atoms with van der Waals surface area (Å²) >= 11 is 4.93. The molecule has 0 bridgehead atoms. The molecule has 3 rings (SSSR count). The van der Waals surface area contributed by atoms with Crippen molar-refractivity contribution in [2.75, 3.05) is 5.32 Å². The number of rotatable bonds is 7. The maximum atomic E-state index is 12.5. The van der Waals surface area contributed by atoms with Gasteiger partial charge in [0.2, 0.25) is 11.8 Å². The number of benzene rings is 1. The Morgan fingerprint density at radius 3 is 2.67 bits per heavy atom. The maximum Gasteiger partial charge on any atom is 0.227 e. The fraction of sp³-hybridized carbons (Fsp3) is 0.211. The van der Waals surface area contributed by atoms with Crippen molar-refractivity contribution in [3.63, 3.8) is 0 Å². The molecule has 8 heteroatoms. The van der Waals surface area contributed by atoms with E-state index in [4.69, 9.17) is 0 Å². The Morgan fingerprint density at radius 1 is 1.22 bits per heavy atom. The third kappa shape index (κ3) is 5.51. The van der Waals surface area contributed by atoms with Gasteiger partial charge >= 0.3 is 0 Å². The Labute approximate surface area is 169 Å². The molecule has 0 aliphatic carbocycles. The van der Waals surface area contributed by atoms with Gasteiger partial charge in [0.15, 0.2) is 0 Å². The number of halogens is 1. The zero-order chi connectivity index (χ0) is 19.2. The first-order valence-corrected chi connectivity index (χ1v) is 10.0. The first-order valence-electron chi connectivity index (χ1n) is 8.38. The third-order valence-corrected chi connectivity index (χ3v) is 5.40. The lowest BCUT2D eigenvalue weighted by Crippen LogP contribution is -2.29. The first kappa shape index (κ1) is 19.3. The molecule has 0 aliphatic heterocycles. The van der Waals surface area contributed by atoms with Gasteiger partial charge in [-0.1, -0.05) is 34.1 Å². The monoisotopic (exact) mass is 446 g/mol. The van der Waals surface area contributed by atoms with Gasteiger partial charge in [-0.2, -0.15) is 5.10 Å². The Bertz CT molecular complexity index is 906. The molecule has 2 heterocycles. The Hall–Kier alpha value is -2.45. The fourth-order valence-corrected chi connectivity index (χ4v) is 3.71. The van der Waals surface area contributed by atoms with E-state index >= 15 is 0 Å². The summed E-state index contributed by atoms with van der Waals surface area (Å²) in [6.07, 6.45) is 1.81. The summed E-state index contributed by atoms with van der Waals surface area (Å²) in [6, 6.07) is 13.2. The predicted octanol–water partition coefficient (Wildman–Crippen LogP) is 3.96. The summed E-state index contributed by atoms with van der Waals surface area (Å²) < 4.78 is 2.75. The second kappa shape index (κ2) is 8.96. The van der Waals surface area contributed by atoms with E-state index in [2.05, 4.69) is 31.7 Å². The molecule has 3 aromatic rings. The van der Waals surface area contributed by atoms with E-state index in [1.54, 1.807) is 16.9 Å². The van der Waals surface area contributed by atoms with Gasteiger partial charge in [-0.15, -0.1) is 11.3 Å². The Morgan fingerprint density at radius 2 is 2.00 bits per heavy atom. The molecule has 27 heavy (non-hydrogen) atoms. The van der Waals surface area contributed by atoms with Gasteiger partial charge in [-0.05, 0) is 29.1 Å². The van der Waals surface area contributed by atoms with Crippen LogP contribution in [0.15, 0.2) is 58.5 Å². The Kier molecular flexibility index (Phi) is 6.41. The molecule has 2 aromatic heterocycles. The van der Waals surface area contributed by atoms with Crippen LogP contribution >= 0.6 is 27.3 Å². The second-order valence-electron chi connectivity index (χ2n) is 6.02. The van der Waals surface area contributed by atoms with Crippen LogP contribution in [-0.2, 0) is 16.1 Å². The number of amides is 2. The van der Waals surface area contributed by atoms with Crippen molar-refractivity contribution in [3.8, 4) is 0 Å². The van der Waals surface area contributed by atoms with E-state index in [0.29, 0.717) is 12.4 Å². The van der Waals surface area contributed by atoms with E-state index in [9.17, 15) is 9.59 Å². The van der Waals surface area contributed by atoms with Gasteiger partial charge in [0.05, 0.1) is 25.2 Å². The molecule has 0 radical (unpaired) electrons. The lowest BCUT2D eigenvalue weighted by Gasteiger charge is -2.16. The molecule has 1 atom stereocenters. The Balaban J connectivity index is 1.66. The van der Waals surface area contributed by atoms with E-state index < -0.39 is 0 Å². The number of carbonyl (C=O) groups excluding carboxylic acids is 2. The highest BCUT2D eigenvalue weighted by molar-refractivity contribution is 9.10. The molecule has 2 amide bonds. The summed E-state index contributed by atoms with van der Waals surface area (Å²) in [5, 5.41) is 11.9. The highest BCUT2D eigenvalue weighted by Crippen LogP contribution is 2.23. The van der Waals surface area contributed by atoms with Crippen molar-refractivity contribution in [3.05, 3.63) is 69.0 Å². The molecule has 1 aromatic carbocycles. The van der Waals surface area contributed by atoms with Crippen molar-refractivity contribution < 1.29 is 9.59 Å². The number of hydrogen-bond acceptors (Lipinski definition) is 4. The SMILES string of the molecule is CC(=O)N[C@H](CC(=O)Nc1ccnn1Cc1ccc(Br)cc1)c1cccs1. The van der Waals surface area contributed by atoms with Crippen molar-refractivity contribution in [2.45, 2.75) is 25.9 Å². The first-order chi connectivity index (χ1) is 13.0. The topological polar surface area (TPSA) is 76.0 Å². The maximum absolute atomic E-state index is 12.5. The van der Waals surface area contributed by atoms with Gasteiger partial charge in [-0.25, -0.2) is 4.68 Å². The highest BCUT2D eigenvalue weighted by atomic mass is 79.9. The highest BCUT2D eigenvalue weighted by Gasteiger charge is 2.19. The van der Waals surface area contributed by atoms with Crippen LogP contribution in [0.5, 0.6) is 0 Å². The van der Waals surface area contributed by atoms with Crippen molar-refractivity contribution in [2.24, 2.45) is 0 Å². The largest absolute Gasteiger partial charge is 0.348 e. The minimum Gasteiger partial charge on any atom is -0.348 e. The van der Waals surface area contributed by atoms with Crippen LogP contribution in [0.3, 0.4) is 0 Å². The van der Waals surface area contributed by atoms with E-state index in [1.165, 1.54) is 18.3 Å². The standard InChI is InChI=1S/C19H19BrN4O2S/c1-13(25)22-16(17-3-2-10-27-17)11-19(26)23-18-8-9-21-24(18)12-14-4-6-15(20)7-5-14/h2-10,16H,11-12H2,1H3,(H,22,25)(H,23,26)/t16-/m1/s1. The van der Waals surface area contributed by atoms with Crippen LogP contribution in [0.25, 0.3) is 0 Å². The number of thiophene rings is 1. The molecule has 0 fully saturated rings. The van der Waals surface area contributed by atoms with Crippen LogP contribution in [0.1, 0.15) is 29.8 Å². The molecule has 6 nitrogen and oxygen atoms in total. The zero-order valence-corrected chi connectivity index (χ0v) is 17.1. The molecule has 0 spiro atoms. The van der Waals surface area contributed by atoms with Gasteiger partial charge in [0.25, 0.3) is 0 Å². The normalized spacial score (nSPS) is 11.8. The average Bonchev–Trinajstić information content (AvgIpc) is 3.28. The van der Waals surface area contributed by atoms with Crippen LogP contribution in [0.4, 0.5) is 5.82 Å². The summed E-state index contributed by atoms with van der Waals surface area (Å²) in [5.41, 5.74) is 1.08. The molecule has 2 N–H and O–H groups in total. The molecular formula is C19H19BrN4O2S. The average molecular weight is 447 g/mol. The molecule has 0 saturated heterocycles. The molecule has 140 valence electrons. The van der Waals surface area contributed by atoms with E-state index in [1.807, 2.05) is 41.8 Å². The van der Waals surface area contributed by atoms with Crippen molar-refractivity contribution in [1.82, 2.24) is 15.1 Å². The van der Waals surface area contributed by atoms with E-state index in [0.717, 1.165) is 14.9 Å². The van der Waals surface area contributed by atoms with Crippen LogP contribution < -0.4 is 10.6 Å². The molecule has 0 saturated carbocycles. The van der Waals surface area contributed by atoms with Gasteiger partial charge in [0, 0.05) is 22.3 Å². The number of nitrogens with one attached hydrogen (secondary N) is 2. The lowest BCUT2D eigenvalue weighted by atomic mass is 10.1.